The summed E-state index contributed by atoms with van der Waals surface area (Å²) in [5.41, 5.74) is 0. The largest absolute Gasteiger partial charge is 0.709 e. The fourth-order valence-corrected chi connectivity index (χ4v) is 0.671. The first-order valence-corrected chi connectivity index (χ1v) is 7.11. The van der Waals surface area contributed by atoms with Crippen molar-refractivity contribution in [1.82, 2.24) is 0 Å². The van der Waals surface area contributed by atoms with Gasteiger partial charge in [0, 0.05) is 39.8 Å². The Kier molecular flexibility index (Phi) is 10.0. The zero-order valence-corrected chi connectivity index (χ0v) is 10.8. The van der Waals surface area contributed by atoms with Crippen LogP contribution in [-0.2, 0) is 61.3 Å². The Bertz CT molecular complexity index is 89.3. The molecule has 47 valence electrons. The first kappa shape index (κ1) is 13.0. The molecule has 0 saturated carbocycles. The van der Waals surface area contributed by atoms with Gasteiger partial charge in [0.25, 0.3) is 0 Å². The van der Waals surface area contributed by atoms with Crippen LogP contribution in [0.1, 0.15) is 0 Å². The van der Waals surface area contributed by atoms with Crippen LogP contribution < -0.4 is 0 Å². The SMILES string of the molecule is COP(=S)([S-])SC.[Y]. The van der Waals surface area contributed by atoms with E-state index in [2.05, 4.69) is 0 Å². The second-order valence-electron chi connectivity index (χ2n) is 0.812. The van der Waals surface area contributed by atoms with Crippen LogP contribution >= 0.6 is 16.1 Å². The summed E-state index contributed by atoms with van der Waals surface area (Å²) >= 11 is 11.1. The molecule has 0 heterocycles. The first-order chi connectivity index (χ1) is 3.12. The third kappa shape index (κ3) is 6.53. The molecule has 0 aliphatic carbocycles. The van der Waals surface area contributed by atoms with Crippen molar-refractivity contribution in [2.45, 2.75) is 0 Å². The predicted octanol–water partition coefficient (Wildman–Crippen LogP) is 1.76. The van der Waals surface area contributed by atoms with Gasteiger partial charge in [-0.05, 0) is 10.9 Å². The van der Waals surface area contributed by atoms with Gasteiger partial charge >= 0.3 is 0 Å². The van der Waals surface area contributed by atoms with E-state index < -0.39 is 4.67 Å². The Hall–Kier alpha value is 2.41. The molecule has 0 aromatic rings. The van der Waals surface area contributed by atoms with Gasteiger partial charge in [-0.15, -0.1) is 11.4 Å². The second kappa shape index (κ2) is 6.15. The smallest absolute Gasteiger partial charge is 0.0393 e. The van der Waals surface area contributed by atoms with Gasteiger partial charge in [-0.25, -0.2) is 0 Å². The summed E-state index contributed by atoms with van der Waals surface area (Å²) < 4.78 is 2.97. The van der Waals surface area contributed by atoms with Crippen molar-refractivity contribution in [1.29, 1.82) is 0 Å². The molecule has 0 aromatic heterocycles. The van der Waals surface area contributed by atoms with Gasteiger partial charge in [-0.2, -0.15) is 0 Å². The average Bonchev–Trinajstić information content (AvgIpc) is 1.68. The Labute approximate surface area is 89.6 Å². The number of hydrogen-bond donors (Lipinski definition) is 0. The van der Waals surface area contributed by atoms with E-state index in [4.69, 9.17) is 28.6 Å². The average molecular weight is 262 g/mol. The van der Waals surface area contributed by atoms with Crippen molar-refractivity contribution in [3.8, 4) is 0 Å². The summed E-state index contributed by atoms with van der Waals surface area (Å²) in [5.74, 6) is 0. The molecule has 0 aliphatic rings. The van der Waals surface area contributed by atoms with Gasteiger partial charge in [0.2, 0.25) is 0 Å². The monoisotopic (exact) mass is 262 g/mol. The van der Waals surface area contributed by atoms with Crippen molar-refractivity contribution in [3.05, 3.63) is 0 Å². The Balaban J connectivity index is 0. The van der Waals surface area contributed by atoms with E-state index in [9.17, 15) is 0 Å². The van der Waals surface area contributed by atoms with Crippen LogP contribution in [-0.4, -0.2) is 13.4 Å². The first-order valence-electron chi connectivity index (χ1n) is 1.55. The van der Waals surface area contributed by atoms with Crippen molar-refractivity contribution in [2.24, 2.45) is 0 Å². The molecule has 1 unspecified atom stereocenters. The molecular weight excluding hydrogens is 256 g/mol. The molecule has 1 nitrogen and oxygen atoms in total. The van der Waals surface area contributed by atoms with Crippen LogP contribution in [0.15, 0.2) is 0 Å². The number of hydrogen-bond acceptors (Lipinski definition) is 4. The predicted molar refractivity (Wildman–Crippen MR) is 42.2 cm³/mol. The Morgan fingerprint density at radius 3 is 2.12 bits per heavy atom. The molecule has 0 aromatic carbocycles. The molecule has 1 atom stereocenters. The van der Waals surface area contributed by atoms with E-state index in [1.54, 1.807) is 7.11 Å². The quantitative estimate of drug-likeness (QED) is 0.553. The van der Waals surface area contributed by atoms with Gasteiger partial charge in [0.1, 0.15) is 0 Å². The minimum atomic E-state index is -1.82. The van der Waals surface area contributed by atoms with Gasteiger partial charge in [-0.3, -0.25) is 0 Å². The molecular formula is C2H6OPS3Y-. The topological polar surface area (TPSA) is 9.23 Å². The van der Waals surface area contributed by atoms with Gasteiger partial charge in [0.15, 0.2) is 0 Å². The zero-order valence-electron chi connectivity index (χ0n) is 4.66. The van der Waals surface area contributed by atoms with Crippen LogP contribution in [0.4, 0.5) is 0 Å². The third-order valence-electron chi connectivity index (χ3n) is 0.447. The minimum Gasteiger partial charge on any atom is -0.709 e. The van der Waals surface area contributed by atoms with E-state index in [0.717, 1.165) is 0 Å². The maximum absolute atomic E-state index is 4.81. The summed E-state index contributed by atoms with van der Waals surface area (Å²) in [6.45, 7) is 0. The molecule has 0 N–H and O–H groups in total. The Morgan fingerprint density at radius 1 is 1.75 bits per heavy atom. The zero-order chi connectivity index (χ0) is 5.91. The van der Waals surface area contributed by atoms with Crippen LogP contribution in [0.3, 0.4) is 0 Å². The van der Waals surface area contributed by atoms with Gasteiger partial charge in [-0.1, -0.05) is 11.8 Å². The normalized spacial score (nSPS) is 16.4. The van der Waals surface area contributed by atoms with E-state index >= 15 is 0 Å². The minimum absolute atomic E-state index is 0. The molecule has 0 amide bonds. The molecule has 1 radical (unpaired) electrons. The van der Waals surface area contributed by atoms with E-state index in [1.165, 1.54) is 11.4 Å². The fourth-order valence-electron chi connectivity index (χ4n) is 0.0745. The van der Waals surface area contributed by atoms with Gasteiger partial charge in [0.05, 0.1) is 0 Å². The van der Waals surface area contributed by atoms with E-state index in [1.807, 2.05) is 6.26 Å². The third-order valence-corrected chi connectivity index (χ3v) is 6.71. The molecule has 0 bridgehead atoms. The summed E-state index contributed by atoms with van der Waals surface area (Å²) in [6, 6.07) is 0. The van der Waals surface area contributed by atoms with Crippen LogP contribution in [0.5, 0.6) is 0 Å². The molecule has 0 saturated heterocycles. The Morgan fingerprint density at radius 2 is 2.12 bits per heavy atom. The van der Waals surface area contributed by atoms with Crippen LogP contribution in [0.2, 0.25) is 0 Å². The molecule has 8 heavy (non-hydrogen) atoms. The van der Waals surface area contributed by atoms with Crippen molar-refractivity contribution in [2.75, 3.05) is 13.4 Å². The maximum Gasteiger partial charge on any atom is 0.0393 e. The summed E-state index contributed by atoms with van der Waals surface area (Å²) in [7, 11) is 1.56. The molecule has 0 rings (SSSR count). The van der Waals surface area contributed by atoms with E-state index in [0.29, 0.717) is 0 Å². The van der Waals surface area contributed by atoms with Crippen molar-refractivity contribution >= 4 is 40.1 Å². The van der Waals surface area contributed by atoms with Crippen molar-refractivity contribution < 1.29 is 37.2 Å². The van der Waals surface area contributed by atoms with Crippen molar-refractivity contribution in [3.63, 3.8) is 0 Å². The van der Waals surface area contributed by atoms with Crippen LogP contribution in [0.25, 0.3) is 0 Å². The fraction of sp³-hybridized carbons (Fsp3) is 1.00. The molecule has 6 heteroatoms. The standard InChI is InChI=1S/C2H7OPS3.Y/c1-3-4(5,6)7-2;/h1-2H3,(H,5,6);/p-1. The second-order valence-corrected chi connectivity index (χ2v) is 10.2. The van der Waals surface area contributed by atoms with E-state index in [-0.39, 0.29) is 32.7 Å². The maximum atomic E-state index is 4.81. The molecule has 0 fully saturated rings. The summed E-state index contributed by atoms with van der Waals surface area (Å²) in [4.78, 5) is 0. The molecule has 0 spiro atoms. The number of rotatable bonds is 2. The summed E-state index contributed by atoms with van der Waals surface area (Å²) in [5, 5.41) is 0. The molecule has 0 aliphatic heterocycles. The van der Waals surface area contributed by atoms with Gasteiger partial charge < -0.3 is 16.8 Å². The van der Waals surface area contributed by atoms with Crippen LogP contribution in [0, 0.1) is 0 Å². The summed E-state index contributed by atoms with van der Waals surface area (Å²) in [6.07, 6.45) is 1.87.